The van der Waals surface area contributed by atoms with Gasteiger partial charge >= 0.3 is 0 Å². The third-order valence-corrected chi connectivity index (χ3v) is 8.64. The quantitative estimate of drug-likeness (QED) is 0.555. The maximum atomic E-state index is 9.06. The topological polar surface area (TPSA) is 82.6 Å². The van der Waals surface area contributed by atoms with Gasteiger partial charge in [-0.25, -0.2) is 15.0 Å². The van der Waals surface area contributed by atoms with E-state index in [2.05, 4.69) is 25.3 Å². The molecule has 0 atom stereocenters. The van der Waals surface area contributed by atoms with Crippen molar-refractivity contribution in [3.63, 3.8) is 0 Å². The summed E-state index contributed by atoms with van der Waals surface area (Å²) in [7, 11) is 0. The van der Waals surface area contributed by atoms with Crippen molar-refractivity contribution in [3.8, 4) is 6.07 Å². The number of fused-ring (bicyclic) bond motifs is 1. The van der Waals surface area contributed by atoms with E-state index in [9.17, 15) is 0 Å². The van der Waals surface area contributed by atoms with Gasteiger partial charge in [0.25, 0.3) is 0 Å². The molecule has 0 saturated carbocycles. The maximum absolute atomic E-state index is 9.06. The van der Waals surface area contributed by atoms with E-state index >= 15 is 0 Å². The molecule has 0 bridgehead atoms. The average Bonchev–Trinajstić information content (AvgIpc) is 3.47. The first kappa shape index (κ1) is 21.0. The second-order valence-electron chi connectivity index (χ2n) is 9.11. The number of nitriles is 1. The van der Waals surface area contributed by atoms with Crippen LogP contribution in [-0.4, -0.2) is 58.7 Å². The van der Waals surface area contributed by atoms with Crippen molar-refractivity contribution in [2.75, 3.05) is 49.2 Å². The number of hydrogen-bond acceptors (Lipinski definition) is 8. The highest BCUT2D eigenvalue weighted by Crippen LogP contribution is 2.42. The maximum Gasteiger partial charge on any atom is 0.211 e. The SMILES string of the molecule is N#CC1CN(c2nccc(Sc3cnc(N4CCC5(CCOC5)CC4)n4ccnc34)c2Cl)C1. The summed E-state index contributed by atoms with van der Waals surface area (Å²) in [6, 6.07) is 4.21. The highest BCUT2D eigenvalue weighted by molar-refractivity contribution is 7.99. The molecule has 3 aromatic heterocycles. The fraction of sp³-hybridized carbons (Fsp3) is 0.478. The van der Waals surface area contributed by atoms with Crippen LogP contribution < -0.4 is 9.80 Å². The number of rotatable bonds is 4. The number of pyridine rings is 1. The van der Waals surface area contributed by atoms with Gasteiger partial charge < -0.3 is 14.5 Å². The molecule has 3 saturated heterocycles. The summed E-state index contributed by atoms with van der Waals surface area (Å²) in [5.74, 6) is 1.71. The average molecular weight is 482 g/mol. The number of aromatic nitrogens is 4. The Labute approximate surface area is 201 Å². The number of imidazole rings is 1. The van der Waals surface area contributed by atoms with E-state index in [1.54, 1.807) is 18.0 Å². The van der Waals surface area contributed by atoms with Crippen molar-refractivity contribution in [1.82, 2.24) is 19.4 Å². The molecule has 8 nitrogen and oxygen atoms in total. The molecule has 3 aromatic rings. The standard InChI is InChI=1S/C23H24ClN7OS/c24-19-17(1-5-26-21(19)30-13-16(11-25)14-30)33-18-12-28-22(31-9-6-27-20(18)31)29-7-2-23(3-8-29)4-10-32-15-23/h1,5-6,9,12,16H,2-4,7-8,10,13-15H2. The Balaban J connectivity index is 1.24. The van der Waals surface area contributed by atoms with Gasteiger partial charge in [0.1, 0.15) is 5.82 Å². The highest BCUT2D eigenvalue weighted by atomic mass is 35.5. The first-order valence-electron chi connectivity index (χ1n) is 11.3. The normalized spacial score (nSPS) is 20.4. The van der Waals surface area contributed by atoms with E-state index in [0.717, 1.165) is 66.3 Å². The van der Waals surface area contributed by atoms with E-state index in [1.165, 1.54) is 6.42 Å². The Morgan fingerprint density at radius 1 is 1.09 bits per heavy atom. The van der Waals surface area contributed by atoms with Crippen LogP contribution in [0.15, 0.2) is 40.6 Å². The number of ether oxygens (including phenoxy) is 1. The zero-order valence-electron chi connectivity index (χ0n) is 18.2. The van der Waals surface area contributed by atoms with Gasteiger partial charge in [0.2, 0.25) is 5.95 Å². The van der Waals surface area contributed by atoms with Gasteiger partial charge in [-0.15, -0.1) is 0 Å². The van der Waals surface area contributed by atoms with Gasteiger partial charge in [-0.1, -0.05) is 23.4 Å². The number of hydrogen-bond donors (Lipinski definition) is 0. The third kappa shape index (κ3) is 3.70. The Hall–Kier alpha value is -2.54. The molecule has 0 amide bonds. The Bertz CT molecular complexity index is 1220. The summed E-state index contributed by atoms with van der Waals surface area (Å²) >= 11 is 8.27. The van der Waals surface area contributed by atoms with E-state index in [4.69, 9.17) is 26.6 Å². The molecule has 0 radical (unpaired) electrons. The van der Waals surface area contributed by atoms with Gasteiger partial charge in [-0.3, -0.25) is 4.40 Å². The van der Waals surface area contributed by atoms with Crippen LogP contribution in [0.1, 0.15) is 19.3 Å². The van der Waals surface area contributed by atoms with E-state index in [1.807, 2.05) is 29.6 Å². The summed E-state index contributed by atoms with van der Waals surface area (Å²) in [5.41, 5.74) is 1.23. The van der Waals surface area contributed by atoms with Gasteiger partial charge in [0, 0.05) is 62.5 Å². The lowest BCUT2D eigenvalue weighted by Crippen LogP contribution is -2.46. The highest BCUT2D eigenvalue weighted by Gasteiger charge is 2.38. The molecule has 6 heterocycles. The first-order chi connectivity index (χ1) is 16.2. The Morgan fingerprint density at radius 2 is 1.94 bits per heavy atom. The molecule has 3 aliphatic rings. The minimum Gasteiger partial charge on any atom is -0.381 e. The molecular weight excluding hydrogens is 458 g/mol. The molecule has 3 fully saturated rings. The smallest absolute Gasteiger partial charge is 0.211 e. The molecule has 6 rings (SSSR count). The lowest BCUT2D eigenvalue weighted by molar-refractivity contribution is 0.133. The van der Waals surface area contributed by atoms with Crippen LogP contribution in [0.4, 0.5) is 11.8 Å². The fourth-order valence-corrected chi connectivity index (χ4v) is 6.22. The predicted molar refractivity (Wildman–Crippen MR) is 127 cm³/mol. The van der Waals surface area contributed by atoms with E-state index in [0.29, 0.717) is 23.5 Å². The number of nitrogens with zero attached hydrogens (tertiary/aromatic N) is 7. The number of halogens is 1. The van der Waals surface area contributed by atoms with Crippen molar-refractivity contribution in [3.05, 3.63) is 35.9 Å². The zero-order chi connectivity index (χ0) is 22.4. The largest absolute Gasteiger partial charge is 0.381 e. The Morgan fingerprint density at radius 3 is 2.70 bits per heavy atom. The van der Waals surface area contributed by atoms with Crippen LogP contribution in [0.3, 0.4) is 0 Å². The third-order valence-electron chi connectivity index (χ3n) is 7.08. The molecule has 1 spiro atoms. The lowest BCUT2D eigenvalue weighted by atomic mass is 9.78. The van der Waals surface area contributed by atoms with Crippen molar-refractivity contribution < 1.29 is 4.74 Å². The second-order valence-corrected chi connectivity index (χ2v) is 10.6. The van der Waals surface area contributed by atoms with E-state index < -0.39 is 0 Å². The van der Waals surface area contributed by atoms with Crippen LogP contribution in [-0.2, 0) is 4.74 Å². The van der Waals surface area contributed by atoms with Crippen LogP contribution in [0.5, 0.6) is 0 Å². The van der Waals surface area contributed by atoms with Crippen LogP contribution in [0.25, 0.3) is 5.65 Å². The van der Waals surface area contributed by atoms with Gasteiger partial charge in [0.15, 0.2) is 5.65 Å². The summed E-state index contributed by atoms with van der Waals surface area (Å²) in [6.07, 6.45) is 10.9. The molecule has 3 aliphatic heterocycles. The van der Waals surface area contributed by atoms with Crippen molar-refractivity contribution in [2.24, 2.45) is 11.3 Å². The summed E-state index contributed by atoms with van der Waals surface area (Å²) in [6.45, 7) is 5.09. The number of piperidine rings is 1. The molecule has 33 heavy (non-hydrogen) atoms. The molecule has 0 N–H and O–H groups in total. The fourth-order valence-electron chi connectivity index (χ4n) is 4.98. The lowest BCUT2D eigenvalue weighted by Gasteiger charge is -2.38. The minimum atomic E-state index is 0.0475. The zero-order valence-corrected chi connectivity index (χ0v) is 19.7. The molecule has 10 heteroatoms. The molecular formula is C23H24ClN7OS. The van der Waals surface area contributed by atoms with Gasteiger partial charge in [-0.05, 0) is 30.7 Å². The van der Waals surface area contributed by atoms with Crippen molar-refractivity contribution >= 4 is 40.8 Å². The molecule has 0 aromatic carbocycles. The Kier molecular flexibility index (Phi) is 5.32. The predicted octanol–water partition coefficient (Wildman–Crippen LogP) is 3.90. The van der Waals surface area contributed by atoms with E-state index in [-0.39, 0.29) is 5.92 Å². The van der Waals surface area contributed by atoms with Gasteiger partial charge in [-0.2, -0.15) is 5.26 Å². The number of anilines is 2. The van der Waals surface area contributed by atoms with Crippen LogP contribution >= 0.6 is 23.4 Å². The summed E-state index contributed by atoms with van der Waals surface area (Å²) < 4.78 is 7.76. The summed E-state index contributed by atoms with van der Waals surface area (Å²) in [5, 5.41) is 9.66. The molecule has 0 aliphatic carbocycles. The second kappa shape index (κ2) is 8.35. The minimum absolute atomic E-state index is 0.0475. The van der Waals surface area contributed by atoms with Gasteiger partial charge in [0.05, 0.1) is 28.5 Å². The summed E-state index contributed by atoms with van der Waals surface area (Å²) in [4.78, 5) is 20.2. The molecule has 0 unspecified atom stereocenters. The molecule has 170 valence electrons. The first-order valence-corrected chi connectivity index (χ1v) is 12.5. The van der Waals surface area contributed by atoms with Crippen LogP contribution in [0, 0.1) is 22.7 Å². The van der Waals surface area contributed by atoms with Crippen molar-refractivity contribution in [2.45, 2.75) is 29.1 Å². The van der Waals surface area contributed by atoms with Crippen molar-refractivity contribution in [1.29, 1.82) is 5.26 Å². The van der Waals surface area contributed by atoms with Crippen LogP contribution in [0.2, 0.25) is 5.02 Å². The monoisotopic (exact) mass is 481 g/mol.